The summed E-state index contributed by atoms with van der Waals surface area (Å²) in [7, 11) is 0. The van der Waals surface area contributed by atoms with Crippen LogP contribution in [0.15, 0.2) is 0 Å². The third kappa shape index (κ3) is 5.78. The fraction of sp³-hybridized carbons (Fsp3) is 1.00. The van der Waals surface area contributed by atoms with Gasteiger partial charge in [-0.1, -0.05) is 34.8 Å². The van der Waals surface area contributed by atoms with Crippen molar-refractivity contribution < 1.29 is 22.3 Å². The van der Waals surface area contributed by atoms with Crippen LogP contribution >= 0.6 is 34.8 Å². The van der Waals surface area contributed by atoms with E-state index in [0.717, 1.165) is 0 Å². The zero-order valence-electron chi connectivity index (χ0n) is 4.63. The second kappa shape index (κ2) is 3.51. The quantitative estimate of drug-likeness (QED) is 0.501. The van der Waals surface area contributed by atoms with Crippen LogP contribution in [0.4, 0.5) is 17.6 Å². The molecule has 0 aliphatic rings. The van der Waals surface area contributed by atoms with Crippen LogP contribution in [0, 0.1) is 0 Å². The summed E-state index contributed by atoms with van der Waals surface area (Å²) in [5.74, 6) is 0. The number of alkyl halides is 7. The van der Waals surface area contributed by atoms with Gasteiger partial charge in [-0.3, -0.25) is 4.74 Å². The molecule has 0 aliphatic carbocycles. The minimum atomic E-state index is -5.18. The molecule has 0 radical (unpaired) electrons. The van der Waals surface area contributed by atoms with Crippen LogP contribution in [0.5, 0.6) is 0 Å². The maximum atomic E-state index is 11.8. The molecule has 0 bridgehead atoms. The normalized spacial score (nSPS) is 16.6. The molecule has 0 rings (SSSR count). The van der Waals surface area contributed by atoms with Crippen molar-refractivity contribution in [2.45, 2.75) is 16.5 Å². The molecule has 68 valence electrons. The van der Waals surface area contributed by atoms with Crippen molar-refractivity contribution in [2.24, 2.45) is 0 Å². The highest BCUT2D eigenvalue weighted by Gasteiger charge is 2.45. The van der Waals surface area contributed by atoms with Crippen LogP contribution < -0.4 is 0 Å². The summed E-state index contributed by atoms with van der Waals surface area (Å²) in [5.41, 5.74) is 0. The Labute approximate surface area is 74.2 Å². The lowest BCUT2D eigenvalue weighted by molar-refractivity contribution is -0.266. The Morgan fingerprint density at radius 1 is 1.09 bits per heavy atom. The number of hydrogen-bond acceptors (Lipinski definition) is 1. The molecule has 0 N–H and O–H groups in total. The summed E-state index contributed by atoms with van der Waals surface area (Å²) in [6, 6.07) is 0. The van der Waals surface area contributed by atoms with E-state index in [1.165, 1.54) is 0 Å². The first-order valence-corrected chi connectivity index (χ1v) is 3.21. The average molecular weight is 235 g/mol. The predicted molar refractivity (Wildman–Crippen MR) is 32.3 cm³/mol. The molecule has 0 unspecified atom stereocenters. The zero-order valence-corrected chi connectivity index (χ0v) is 6.90. The van der Waals surface area contributed by atoms with Crippen molar-refractivity contribution >= 4 is 34.8 Å². The molecule has 0 aromatic heterocycles. The van der Waals surface area contributed by atoms with Crippen LogP contribution in [-0.2, 0) is 4.74 Å². The van der Waals surface area contributed by atoms with Gasteiger partial charge in [0.2, 0.25) is 0 Å². The summed E-state index contributed by atoms with van der Waals surface area (Å²) in [6.07, 6.45) is -8.76. The molecule has 0 saturated heterocycles. The van der Waals surface area contributed by atoms with Crippen molar-refractivity contribution in [1.29, 1.82) is 0 Å². The highest BCUT2D eigenvalue weighted by molar-refractivity contribution is 6.66. The molecule has 0 amide bonds. The fourth-order valence-corrected chi connectivity index (χ4v) is 0.419. The lowest BCUT2D eigenvalue weighted by Crippen LogP contribution is -2.31. The van der Waals surface area contributed by atoms with E-state index in [4.69, 9.17) is 34.8 Å². The van der Waals surface area contributed by atoms with Gasteiger partial charge in [0.25, 0.3) is 10.3 Å². The van der Waals surface area contributed by atoms with Gasteiger partial charge in [-0.15, -0.1) is 0 Å². The third-order valence-electron chi connectivity index (χ3n) is 0.494. The summed E-state index contributed by atoms with van der Waals surface area (Å²) in [4.78, 5) is 0. The first kappa shape index (κ1) is 11.6. The van der Waals surface area contributed by atoms with E-state index in [1.54, 1.807) is 0 Å². The summed E-state index contributed by atoms with van der Waals surface area (Å²) >= 11 is 14.1. The van der Waals surface area contributed by atoms with Crippen LogP contribution in [-0.4, -0.2) is 16.5 Å². The summed E-state index contributed by atoms with van der Waals surface area (Å²) < 4.78 is 46.3. The SMILES string of the molecule is F[C@@H](OC(Cl)(Cl)Cl)C(F)(F)F. The highest BCUT2D eigenvalue weighted by atomic mass is 35.6. The van der Waals surface area contributed by atoms with Gasteiger partial charge < -0.3 is 0 Å². The van der Waals surface area contributed by atoms with Crippen LogP contribution in [0.2, 0.25) is 0 Å². The monoisotopic (exact) mass is 234 g/mol. The van der Waals surface area contributed by atoms with Crippen molar-refractivity contribution in [1.82, 2.24) is 0 Å². The number of ether oxygens (including phenoxy) is 1. The topological polar surface area (TPSA) is 9.23 Å². The minimum Gasteiger partial charge on any atom is -0.291 e. The molecular formula is C3HCl3F4O. The van der Waals surface area contributed by atoms with Gasteiger partial charge in [-0.2, -0.15) is 13.2 Å². The summed E-state index contributed by atoms with van der Waals surface area (Å²) in [5, 5.41) is 0. The zero-order chi connectivity index (χ0) is 9.28. The maximum absolute atomic E-state index is 11.8. The maximum Gasteiger partial charge on any atom is 0.445 e. The lowest BCUT2D eigenvalue weighted by atomic mass is 10.7. The standard InChI is InChI=1S/C3HCl3F4O/c4-3(5,6)11-1(7)2(8,9)10/h1H/t1-/m0/s1. The van der Waals surface area contributed by atoms with Gasteiger partial charge in [0.15, 0.2) is 0 Å². The van der Waals surface area contributed by atoms with E-state index in [1.807, 2.05) is 0 Å². The van der Waals surface area contributed by atoms with E-state index in [2.05, 4.69) is 4.74 Å². The lowest BCUT2D eigenvalue weighted by Gasteiger charge is -2.17. The van der Waals surface area contributed by atoms with Crippen molar-refractivity contribution in [3.63, 3.8) is 0 Å². The Morgan fingerprint density at radius 3 is 1.55 bits per heavy atom. The minimum absolute atomic E-state index is 2.70. The number of halogens is 7. The van der Waals surface area contributed by atoms with Gasteiger partial charge in [-0.25, -0.2) is 4.39 Å². The molecule has 0 heterocycles. The van der Waals surface area contributed by atoms with Crippen molar-refractivity contribution in [3.05, 3.63) is 0 Å². The Kier molecular flexibility index (Phi) is 3.69. The average Bonchev–Trinajstić information content (AvgIpc) is 1.56. The van der Waals surface area contributed by atoms with Gasteiger partial charge in [0, 0.05) is 0 Å². The number of rotatable bonds is 1. The van der Waals surface area contributed by atoms with Crippen LogP contribution in [0.3, 0.4) is 0 Å². The van der Waals surface area contributed by atoms with Crippen LogP contribution in [0.1, 0.15) is 0 Å². The van der Waals surface area contributed by atoms with Crippen LogP contribution in [0.25, 0.3) is 0 Å². The van der Waals surface area contributed by atoms with Gasteiger partial charge >= 0.3 is 6.18 Å². The molecule has 11 heavy (non-hydrogen) atoms. The smallest absolute Gasteiger partial charge is 0.291 e. The molecule has 0 aromatic carbocycles. The van der Waals surface area contributed by atoms with E-state index in [9.17, 15) is 17.6 Å². The molecule has 1 nitrogen and oxygen atoms in total. The molecule has 1 atom stereocenters. The van der Waals surface area contributed by atoms with E-state index in [-0.39, 0.29) is 0 Å². The first-order chi connectivity index (χ1) is 4.63. The fourth-order valence-electron chi connectivity index (χ4n) is 0.184. The van der Waals surface area contributed by atoms with E-state index in [0.29, 0.717) is 0 Å². The molecule has 0 spiro atoms. The highest BCUT2D eigenvalue weighted by Crippen LogP contribution is 2.34. The molecule has 8 heteroatoms. The van der Waals surface area contributed by atoms with E-state index >= 15 is 0 Å². The molecule has 0 saturated carbocycles. The largest absolute Gasteiger partial charge is 0.445 e. The molecular weight excluding hydrogens is 234 g/mol. The van der Waals surface area contributed by atoms with Gasteiger partial charge in [0.05, 0.1) is 0 Å². The first-order valence-electron chi connectivity index (χ1n) is 2.08. The van der Waals surface area contributed by atoms with Gasteiger partial charge in [0.1, 0.15) is 0 Å². The van der Waals surface area contributed by atoms with Crippen molar-refractivity contribution in [3.8, 4) is 0 Å². The Morgan fingerprint density at radius 2 is 1.45 bits per heavy atom. The number of hydrogen-bond donors (Lipinski definition) is 0. The Hall–Kier alpha value is 0.550. The van der Waals surface area contributed by atoms with Gasteiger partial charge in [-0.05, 0) is 0 Å². The second-order valence-electron chi connectivity index (χ2n) is 1.42. The van der Waals surface area contributed by atoms with E-state index < -0.39 is 16.5 Å². The molecule has 0 aromatic rings. The Bertz CT molecular complexity index is 130. The van der Waals surface area contributed by atoms with Crippen molar-refractivity contribution in [2.75, 3.05) is 0 Å². The third-order valence-corrected chi connectivity index (χ3v) is 0.762. The molecule has 0 aliphatic heterocycles. The Balaban J connectivity index is 3.99. The molecule has 0 fully saturated rings. The summed E-state index contributed by atoms with van der Waals surface area (Å²) in [6.45, 7) is 0. The second-order valence-corrected chi connectivity index (χ2v) is 3.60. The predicted octanol–water partition coefficient (Wildman–Crippen LogP) is 3.19.